The third-order valence-corrected chi connectivity index (χ3v) is 3.46. The third kappa shape index (κ3) is 5.15. The van der Waals surface area contributed by atoms with Crippen molar-refractivity contribution in [3.63, 3.8) is 0 Å². The van der Waals surface area contributed by atoms with Gasteiger partial charge in [0.15, 0.2) is 0 Å². The Kier molecular flexibility index (Phi) is 6.42. The van der Waals surface area contributed by atoms with Crippen molar-refractivity contribution < 1.29 is 14.8 Å². The van der Waals surface area contributed by atoms with Crippen molar-refractivity contribution in [2.45, 2.75) is 13.2 Å². The molecule has 2 aromatic carbocycles. The van der Waals surface area contributed by atoms with Crippen molar-refractivity contribution >= 4 is 17.3 Å². The average molecular weight is 352 g/mol. The summed E-state index contributed by atoms with van der Waals surface area (Å²) in [7, 11) is 0. The molecule has 26 heavy (non-hydrogen) atoms. The van der Waals surface area contributed by atoms with E-state index >= 15 is 0 Å². The van der Waals surface area contributed by atoms with Crippen LogP contribution in [0.25, 0.3) is 0 Å². The molecular formula is C18H16N4O4. The molecule has 3 N–H and O–H groups in total. The number of nitrogens with one attached hydrogen (secondary N) is 2. The number of rotatable bonds is 7. The number of non-ortho nitro benzene ring substituents is 1. The number of nitriles is 1. The van der Waals surface area contributed by atoms with Gasteiger partial charge < -0.3 is 15.7 Å². The molecule has 0 aliphatic carbocycles. The Labute approximate surface area is 149 Å². The number of carbonyl (C=O) groups is 1. The third-order valence-electron chi connectivity index (χ3n) is 3.46. The molecule has 0 unspecified atom stereocenters. The van der Waals surface area contributed by atoms with Gasteiger partial charge in [0, 0.05) is 30.6 Å². The zero-order chi connectivity index (χ0) is 18.9. The van der Waals surface area contributed by atoms with E-state index in [-0.39, 0.29) is 17.9 Å². The van der Waals surface area contributed by atoms with Crippen molar-refractivity contribution in [2.75, 3.05) is 5.32 Å². The average Bonchev–Trinajstić information content (AvgIpc) is 2.66. The largest absolute Gasteiger partial charge is 0.392 e. The summed E-state index contributed by atoms with van der Waals surface area (Å²) in [4.78, 5) is 22.2. The Bertz CT molecular complexity index is 852. The number of hydrogen-bond acceptors (Lipinski definition) is 6. The van der Waals surface area contributed by atoms with E-state index in [9.17, 15) is 14.9 Å². The lowest BCUT2D eigenvalue weighted by molar-refractivity contribution is -0.384. The van der Waals surface area contributed by atoms with E-state index in [1.807, 2.05) is 12.1 Å². The highest BCUT2D eigenvalue weighted by atomic mass is 16.6. The fraction of sp³-hybridized carbons (Fsp3) is 0.111. The van der Waals surface area contributed by atoms with E-state index in [0.717, 1.165) is 11.1 Å². The standard InChI is InChI=1S/C18H16N4O4/c19-9-15(11-20-10-13-1-3-14(12-23)4-2-13)18(24)21-16-5-7-17(8-6-16)22(25)26/h1-8,11,20,23H,10,12H2,(H,21,24)/b15-11-. The number of aliphatic hydroxyl groups excluding tert-OH is 1. The van der Waals surface area contributed by atoms with Crippen molar-refractivity contribution in [1.82, 2.24) is 5.32 Å². The maximum Gasteiger partial charge on any atom is 0.269 e. The van der Waals surface area contributed by atoms with Crippen LogP contribution in [-0.4, -0.2) is 15.9 Å². The number of anilines is 1. The van der Waals surface area contributed by atoms with Gasteiger partial charge in [-0.15, -0.1) is 0 Å². The predicted molar refractivity (Wildman–Crippen MR) is 94.6 cm³/mol. The molecular weight excluding hydrogens is 336 g/mol. The fourth-order valence-electron chi connectivity index (χ4n) is 2.05. The molecule has 1 amide bonds. The van der Waals surface area contributed by atoms with Crippen molar-refractivity contribution in [3.8, 4) is 6.07 Å². The minimum absolute atomic E-state index is 0.0327. The first-order chi connectivity index (χ1) is 12.5. The van der Waals surface area contributed by atoms with Gasteiger partial charge >= 0.3 is 0 Å². The summed E-state index contributed by atoms with van der Waals surface area (Å²) in [6.45, 7) is 0.372. The van der Waals surface area contributed by atoms with E-state index in [1.54, 1.807) is 18.2 Å². The van der Waals surface area contributed by atoms with Crippen LogP contribution in [0.5, 0.6) is 0 Å². The summed E-state index contributed by atoms with van der Waals surface area (Å²) in [5.41, 5.74) is 1.85. The van der Waals surface area contributed by atoms with E-state index in [4.69, 9.17) is 10.4 Å². The number of carbonyl (C=O) groups excluding carboxylic acids is 1. The van der Waals surface area contributed by atoms with Gasteiger partial charge in [0.25, 0.3) is 11.6 Å². The van der Waals surface area contributed by atoms with Crippen LogP contribution in [0, 0.1) is 21.4 Å². The van der Waals surface area contributed by atoms with Crippen LogP contribution in [0.2, 0.25) is 0 Å². The second kappa shape index (κ2) is 8.96. The first kappa shape index (κ1) is 18.6. The number of aliphatic hydroxyl groups is 1. The SMILES string of the molecule is N#C/C(=C/NCc1ccc(CO)cc1)C(=O)Nc1ccc([N+](=O)[O-])cc1. The van der Waals surface area contributed by atoms with Gasteiger partial charge in [-0.1, -0.05) is 24.3 Å². The van der Waals surface area contributed by atoms with Crippen molar-refractivity contribution in [3.05, 3.63) is 81.5 Å². The van der Waals surface area contributed by atoms with Gasteiger partial charge in [-0.05, 0) is 23.3 Å². The summed E-state index contributed by atoms with van der Waals surface area (Å²) >= 11 is 0. The van der Waals surface area contributed by atoms with Gasteiger partial charge in [0.05, 0.1) is 11.5 Å². The van der Waals surface area contributed by atoms with Crippen LogP contribution in [0.4, 0.5) is 11.4 Å². The van der Waals surface area contributed by atoms with Gasteiger partial charge in [0.2, 0.25) is 0 Å². The van der Waals surface area contributed by atoms with E-state index in [1.165, 1.54) is 30.5 Å². The zero-order valence-electron chi connectivity index (χ0n) is 13.7. The van der Waals surface area contributed by atoms with Crippen LogP contribution >= 0.6 is 0 Å². The van der Waals surface area contributed by atoms with Crippen LogP contribution in [0.15, 0.2) is 60.3 Å². The molecule has 0 atom stereocenters. The number of nitro benzene ring substituents is 1. The maximum absolute atomic E-state index is 12.1. The molecule has 8 nitrogen and oxygen atoms in total. The van der Waals surface area contributed by atoms with Crippen LogP contribution < -0.4 is 10.6 Å². The van der Waals surface area contributed by atoms with Crippen molar-refractivity contribution in [2.24, 2.45) is 0 Å². The Hall–Kier alpha value is -3.70. The van der Waals surface area contributed by atoms with Gasteiger partial charge in [-0.3, -0.25) is 14.9 Å². The molecule has 0 bridgehead atoms. The molecule has 8 heteroatoms. The molecule has 2 rings (SSSR count). The number of nitro groups is 1. The fourth-order valence-corrected chi connectivity index (χ4v) is 2.05. The first-order valence-corrected chi connectivity index (χ1v) is 7.61. The monoisotopic (exact) mass is 352 g/mol. The summed E-state index contributed by atoms with van der Waals surface area (Å²) < 4.78 is 0. The molecule has 2 aromatic rings. The Morgan fingerprint density at radius 3 is 2.31 bits per heavy atom. The molecule has 0 saturated carbocycles. The zero-order valence-corrected chi connectivity index (χ0v) is 13.7. The number of nitrogens with zero attached hydrogens (tertiary/aromatic N) is 2. The summed E-state index contributed by atoms with van der Waals surface area (Å²) in [6, 6.07) is 14.3. The Morgan fingerprint density at radius 1 is 1.15 bits per heavy atom. The second-order valence-corrected chi connectivity index (χ2v) is 5.28. The normalized spacial score (nSPS) is 10.7. The molecule has 132 valence electrons. The molecule has 0 aliphatic rings. The first-order valence-electron chi connectivity index (χ1n) is 7.61. The molecule has 0 aromatic heterocycles. The summed E-state index contributed by atoms with van der Waals surface area (Å²) in [5, 5.41) is 34.1. The Morgan fingerprint density at radius 2 is 1.77 bits per heavy atom. The molecule has 0 heterocycles. The molecule has 0 spiro atoms. The van der Waals surface area contributed by atoms with E-state index in [2.05, 4.69) is 10.6 Å². The van der Waals surface area contributed by atoms with Gasteiger partial charge in [0.1, 0.15) is 11.6 Å². The van der Waals surface area contributed by atoms with Crippen molar-refractivity contribution in [1.29, 1.82) is 5.26 Å². The lowest BCUT2D eigenvalue weighted by Gasteiger charge is -2.06. The lowest BCUT2D eigenvalue weighted by atomic mass is 10.1. The van der Waals surface area contributed by atoms with Crippen LogP contribution in [0.1, 0.15) is 11.1 Å². The topological polar surface area (TPSA) is 128 Å². The van der Waals surface area contributed by atoms with Gasteiger partial charge in [-0.2, -0.15) is 5.26 Å². The molecule has 0 aliphatic heterocycles. The number of hydrogen-bond donors (Lipinski definition) is 3. The van der Waals surface area contributed by atoms with Crippen LogP contribution in [0.3, 0.4) is 0 Å². The predicted octanol–water partition coefficient (Wildman–Crippen LogP) is 2.22. The van der Waals surface area contributed by atoms with Crippen LogP contribution in [-0.2, 0) is 17.9 Å². The summed E-state index contributed by atoms with van der Waals surface area (Å²) in [6.07, 6.45) is 1.31. The van der Waals surface area contributed by atoms with E-state index < -0.39 is 10.8 Å². The highest BCUT2D eigenvalue weighted by molar-refractivity contribution is 6.06. The number of benzene rings is 2. The second-order valence-electron chi connectivity index (χ2n) is 5.28. The highest BCUT2D eigenvalue weighted by Crippen LogP contribution is 2.16. The van der Waals surface area contributed by atoms with E-state index in [0.29, 0.717) is 12.2 Å². The minimum Gasteiger partial charge on any atom is -0.392 e. The minimum atomic E-state index is -0.621. The molecule has 0 radical (unpaired) electrons. The molecule has 0 saturated heterocycles. The smallest absolute Gasteiger partial charge is 0.269 e. The molecule has 0 fully saturated rings. The van der Waals surface area contributed by atoms with Gasteiger partial charge in [-0.25, -0.2) is 0 Å². The number of amides is 1. The summed E-state index contributed by atoms with van der Waals surface area (Å²) in [5.74, 6) is -0.621. The highest BCUT2D eigenvalue weighted by Gasteiger charge is 2.10. The Balaban J connectivity index is 1.95. The maximum atomic E-state index is 12.1. The lowest BCUT2D eigenvalue weighted by Crippen LogP contribution is -2.16. The quantitative estimate of drug-likeness (QED) is 0.303.